The minimum absolute atomic E-state index is 0.111. The molecular formula is C11H23O2Si. The summed E-state index contributed by atoms with van der Waals surface area (Å²) in [5.74, 6) is -0.111. The molecule has 0 atom stereocenters. The van der Waals surface area contributed by atoms with Crippen molar-refractivity contribution < 1.29 is 9.22 Å². The van der Waals surface area contributed by atoms with Crippen LogP contribution in [0.5, 0.6) is 0 Å². The van der Waals surface area contributed by atoms with Crippen LogP contribution in [0.15, 0.2) is 0 Å². The predicted octanol–water partition coefficient (Wildman–Crippen LogP) is 3.54. The van der Waals surface area contributed by atoms with Crippen molar-refractivity contribution >= 4 is 14.3 Å². The van der Waals surface area contributed by atoms with E-state index in [4.69, 9.17) is 4.43 Å². The minimum atomic E-state index is -1.72. The van der Waals surface area contributed by atoms with E-state index in [1.165, 1.54) is 12.8 Å². The maximum absolute atomic E-state index is 11.3. The second-order valence-corrected chi connectivity index (χ2v) is 8.50. The lowest BCUT2D eigenvalue weighted by molar-refractivity contribution is -0.131. The molecule has 0 fully saturated rings. The van der Waals surface area contributed by atoms with Crippen LogP contribution in [0, 0.1) is 6.42 Å². The van der Waals surface area contributed by atoms with E-state index in [0.29, 0.717) is 0 Å². The lowest BCUT2D eigenvalue weighted by Crippen LogP contribution is -2.33. The molecule has 0 amide bonds. The van der Waals surface area contributed by atoms with Crippen LogP contribution < -0.4 is 0 Å². The first-order valence-corrected chi connectivity index (χ1v) is 8.69. The summed E-state index contributed by atoms with van der Waals surface area (Å²) in [6, 6.07) is 1.08. The molecule has 0 aliphatic heterocycles. The van der Waals surface area contributed by atoms with E-state index < -0.39 is 8.32 Å². The quantitative estimate of drug-likeness (QED) is 0.607. The summed E-state index contributed by atoms with van der Waals surface area (Å²) >= 11 is 0. The molecular weight excluding hydrogens is 192 g/mol. The molecule has 0 aliphatic rings. The number of carbonyl (C=O) groups excluding carboxylic acids is 1. The van der Waals surface area contributed by atoms with Crippen molar-refractivity contribution in [2.75, 3.05) is 0 Å². The smallest absolute Gasteiger partial charge is 0.296 e. The van der Waals surface area contributed by atoms with Gasteiger partial charge in [-0.05, 0) is 25.6 Å². The monoisotopic (exact) mass is 215 g/mol. The Morgan fingerprint density at radius 1 is 1.29 bits per heavy atom. The van der Waals surface area contributed by atoms with E-state index in [-0.39, 0.29) is 5.97 Å². The fraction of sp³-hybridized carbons (Fsp3) is 0.818. The van der Waals surface area contributed by atoms with Gasteiger partial charge in [0.05, 0.1) is 6.42 Å². The van der Waals surface area contributed by atoms with E-state index in [9.17, 15) is 4.79 Å². The van der Waals surface area contributed by atoms with Crippen molar-refractivity contribution in [1.29, 1.82) is 0 Å². The van der Waals surface area contributed by atoms with Crippen molar-refractivity contribution in [1.82, 2.24) is 0 Å². The van der Waals surface area contributed by atoms with Gasteiger partial charge in [0.1, 0.15) is 0 Å². The summed E-state index contributed by atoms with van der Waals surface area (Å²) < 4.78 is 5.49. The average Bonchev–Trinajstić information content (AvgIpc) is 2.11. The summed E-state index contributed by atoms with van der Waals surface area (Å²) in [5, 5.41) is 0. The normalized spacial score (nSPS) is 11.4. The van der Waals surface area contributed by atoms with Gasteiger partial charge >= 0.3 is 0 Å². The van der Waals surface area contributed by atoms with E-state index in [1.54, 1.807) is 6.42 Å². The van der Waals surface area contributed by atoms with Gasteiger partial charge in [-0.15, -0.1) is 0 Å². The van der Waals surface area contributed by atoms with Crippen molar-refractivity contribution in [3.63, 3.8) is 0 Å². The van der Waals surface area contributed by atoms with Gasteiger partial charge in [0.15, 0.2) is 0 Å². The summed E-state index contributed by atoms with van der Waals surface area (Å²) in [7, 11) is -1.72. The molecule has 0 bridgehead atoms. The summed E-state index contributed by atoms with van der Waals surface area (Å²) in [6.07, 6.45) is 5.84. The number of carbonyl (C=O) groups is 1. The SMILES string of the molecule is CCC[CH]C(=O)O[Si](C)(C)CCCC. The standard InChI is InChI=1S/C11H23O2Si/c1-5-7-9-11(12)13-14(3,4)10-8-6-2/h9H,5-8,10H2,1-4H3. The van der Waals surface area contributed by atoms with Gasteiger partial charge in [0.2, 0.25) is 8.32 Å². The van der Waals surface area contributed by atoms with E-state index in [0.717, 1.165) is 18.9 Å². The second-order valence-electron chi connectivity index (χ2n) is 4.28. The van der Waals surface area contributed by atoms with Crippen LogP contribution in [-0.4, -0.2) is 14.3 Å². The Balaban J connectivity index is 3.76. The molecule has 3 heteroatoms. The van der Waals surface area contributed by atoms with Gasteiger partial charge in [-0.25, -0.2) is 0 Å². The van der Waals surface area contributed by atoms with Crippen molar-refractivity contribution in [2.24, 2.45) is 0 Å². The van der Waals surface area contributed by atoms with Gasteiger partial charge in [-0.2, -0.15) is 0 Å². The predicted molar refractivity (Wildman–Crippen MR) is 62.5 cm³/mol. The van der Waals surface area contributed by atoms with E-state index in [2.05, 4.69) is 26.9 Å². The maximum Gasteiger partial charge on any atom is 0.296 e. The summed E-state index contributed by atoms with van der Waals surface area (Å²) in [6.45, 7) is 8.44. The highest BCUT2D eigenvalue weighted by atomic mass is 28.4. The molecule has 0 saturated heterocycles. The first-order chi connectivity index (χ1) is 6.52. The fourth-order valence-electron chi connectivity index (χ4n) is 1.23. The maximum atomic E-state index is 11.3. The third kappa shape index (κ3) is 7.13. The number of hydrogen-bond donors (Lipinski definition) is 0. The molecule has 0 unspecified atom stereocenters. The highest BCUT2D eigenvalue weighted by molar-refractivity contribution is 6.72. The Bertz CT molecular complexity index is 167. The van der Waals surface area contributed by atoms with E-state index >= 15 is 0 Å². The van der Waals surface area contributed by atoms with Crippen LogP contribution in [-0.2, 0) is 9.22 Å². The molecule has 0 aromatic rings. The van der Waals surface area contributed by atoms with Crippen LogP contribution in [0.3, 0.4) is 0 Å². The minimum Gasteiger partial charge on any atom is -0.519 e. The highest BCUT2D eigenvalue weighted by Crippen LogP contribution is 2.16. The van der Waals surface area contributed by atoms with Crippen LogP contribution in [0.4, 0.5) is 0 Å². The Labute approximate surface area is 89.2 Å². The molecule has 0 rings (SSSR count). The van der Waals surface area contributed by atoms with E-state index in [1.807, 2.05) is 0 Å². The lowest BCUT2D eigenvalue weighted by atomic mass is 10.3. The largest absolute Gasteiger partial charge is 0.519 e. The second kappa shape index (κ2) is 7.04. The number of hydrogen-bond acceptors (Lipinski definition) is 2. The molecule has 0 aromatic carbocycles. The molecule has 0 heterocycles. The van der Waals surface area contributed by atoms with Gasteiger partial charge in [-0.1, -0.05) is 33.1 Å². The third-order valence-corrected chi connectivity index (χ3v) is 4.42. The summed E-state index contributed by atoms with van der Waals surface area (Å²) in [4.78, 5) is 11.3. The summed E-state index contributed by atoms with van der Waals surface area (Å²) in [5.41, 5.74) is 0. The molecule has 0 aliphatic carbocycles. The third-order valence-electron chi connectivity index (χ3n) is 2.11. The molecule has 2 nitrogen and oxygen atoms in total. The van der Waals surface area contributed by atoms with Crippen LogP contribution >= 0.6 is 0 Å². The molecule has 0 N–H and O–H groups in total. The van der Waals surface area contributed by atoms with Crippen LogP contribution in [0.1, 0.15) is 39.5 Å². The van der Waals surface area contributed by atoms with Crippen molar-refractivity contribution in [3.05, 3.63) is 6.42 Å². The van der Waals surface area contributed by atoms with Crippen LogP contribution in [0.25, 0.3) is 0 Å². The molecule has 1 radical (unpaired) electrons. The van der Waals surface area contributed by atoms with Gasteiger partial charge in [0.25, 0.3) is 5.97 Å². The highest BCUT2D eigenvalue weighted by Gasteiger charge is 2.25. The fourth-order valence-corrected chi connectivity index (χ4v) is 3.16. The zero-order valence-corrected chi connectivity index (χ0v) is 10.9. The average molecular weight is 215 g/mol. The molecule has 83 valence electrons. The molecule has 0 spiro atoms. The zero-order valence-electron chi connectivity index (χ0n) is 9.93. The number of unbranched alkanes of at least 4 members (excludes halogenated alkanes) is 2. The molecule has 14 heavy (non-hydrogen) atoms. The molecule has 0 aromatic heterocycles. The van der Waals surface area contributed by atoms with Crippen molar-refractivity contribution in [3.8, 4) is 0 Å². The Morgan fingerprint density at radius 2 is 1.93 bits per heavy atom. The Hall–Kier alpha value is -0.313. The van der Waals surface area contributed by atoms with Gasteiger partial charge in [-0.3, -0.25) is 4.79 Å². The Morgan fingerprint density at radius 3 is 2.43 bits per heavy atom. The first-order valence-electron chi connectivity index (χ1n) is 5.58. The van der Waals surface area contributed by atoms with Crippen molar-refractivity contribution in [2.45, 2.75) is 58.7 Å². The zero-order chi connectivity index (χ0) is 11.0. The lowest BCUT2D eigenvalue weighted by Gasteiger charge is -2.22. The van der Waals surface area contributed by atoms with Gasteiger partial charge in [0, 0.05) is 0 Å². The molecule has 0 saturated carbocycles. The van der Waals surface area contributed by atoms with Gasteiger partial charge < -0.3 is 4.43 Å². The topological polar surface area (TPSA) is 26.3 Å². The Kier molecular flexibility index (Phi) is 6.88. The number of rotatable bonds is 7. The first kappa shape index (κ1) is 13.7. The van der Waals surface area contributed by atoms with Crippen LogP contribution in [0.2, 0.25) is 19.1 Å².